The maximum atomic E-state index is 12.3. The molecule has 0 radical (unpaired) electrons. The minimum absolute atomic E-state index is 0.00815. The predicted octanol–water partition coefficient (Wildman–Crippen LogP) is 3.24. The summed E-state index contributed by atoms with van der Waals surface area (Å²) in [6.07, 6.45) is 1.67. The van der Waals surface area contributed by atoms with Crippen molar-refractivity contribution in [1.29, 1.82) is 0 Å². The van der Waals surface area contributed by atoms with Crippen molar-refractivity contribution in [2.75, 3.05) is 0 Å². The van der Waals surface area contributed by atoms with Crippen molar-refractivity contribution in [3.05, 3.63) is 64.5 Å². The quantitative estimate of drug-likeness (QED) is 0.734. The Balaban J connectivity index is 2.44. The second kappa shape index (κ2) is 4.50. The van der Waals surface area contributed by atoms with Gasteiger partial charge in [-0.25, -0.2) is 0 Å². The summed E-state index contributed by atoms with van der Waals surface area (Å²) in [5, 5.41) is 0. The molecular weight excluding hydrogens is 210 g/mol. The van der Waals surface area contributed by atoms with Gasteiger partial charge in [0.15, 0.2) is 0 Å². The van der Waals surface area contributed by atoms with E-state index in [9.17, 15) is 4.79 Å². The Bertz CT molecular complexity index is 573. The summed E-state index contributed by atoms with van der Waals surface area (Å²) in [5.41, 5.74) is 4.45. The van der Waals surface area contributed by atoms with Gasteiger partial charge >= 0.3 is 0 Å². The van der Waals surface area contributed by atoms with Crippen LogP contribution in [0.25, 0.3) is 0 Å². The lowest BCUT2D eigenvalue weighted by Gasteiger charge is -2.06. The van der Waals surface area contributed by atoms with Gasteiger partial charge in [0.05, 0.1) is 0 Å². The van der Waals surface area contributed by atoms with Gasteiger partial charge in [0, 0.05) is 11.8 Å². The van der Waals surface area contributed by atoms with E-state index in [0.717, 1.165) is 22.3 Å². The first-order valence-corrected chi connectivity index (χ1v) is 5.62. The molecule has 0 unspecified atom stereocenters. The van der Waals surface area contributed by atoms with Gasteiger partial charge in [-0.1, -0.05) is 23.8 Å². The van der Waals surface area contributed by atoms with Crippen LogP contribution < -0.4 is 0 Å². The topological polar surface area (TPSA) is 30.0 Å². The zero-order valence-electron chi connectivity index (χ0n) is 10.3. The number of hydrogen-bond donors (Lipinski definition) is 0. The average molecular weight is 225 g/mol. The number of carbonyl (C=O) groups excluding carboxylic acids is 1. The molecule has 0 aliphatic rings. The van der Waals surface area contributed by atoms with Gasteiger partial charge in [-0.15, -0.1) is 0 Å². The van der Waals surface area contributed by atoms with Crippen LogP contribution in [-0.4, -0.2) is 10.8 Å². The van der Waals surface area contributed by atoms with E-state index in [1.807, 2.05) is 51.1 Å². The first-order chi connectivity index (χ1) is 8.08. The van der Waals surface area contributed by atoms with E-state index < -0.39 is 0 Å². The summed E-state index contributed by atoms with van der Waals surface area (Å²) in [6, 6.07) is 9.55. The van der Waals surface area contributed by atoms with E-state index >= 15 is 0 Å². The fraction of sp³-hybridized carbons (Fsp3) is 0.200. The Hall–Kier alpha value is -1.96. The Kier molecular flexibility index (Phi) is 3.05. The molecule has 0 atom stereocenters. The van der Waals surface area contributed by atoms with Gasteiger partial charge in [0.25, 0.3) is 0 Å². The van der Waals surface area contributed by atoms with Gasteiger partial charge in [0.1, 0.15) is 5.69 Å². The summed E-state index contributed by atoms with van der Waals surface area (Å²) in [5.74, 6) is -0.00815. The number of pyridine rings is 1. The van der Waals surface area contributed by atoms with Crippen molar-refractivity contribution in [3.63, 3.8) is 0 Å². The number of benzene rings is 1. The minimum Gasteiger partial charge on any atom is -0.287 e. The highest BCUT2D eigenvalue weighted by atomic mass is 16.1. The van der Waals surface area contributed by atoms with Crippen LogP contribution in [-0.2, 0) is 0 Å². The summed E-state index contributed by atoms with van der Waals surface area (Å²) >= 11 is 0. The van der Waals surface area contributed by atoms with Crippen molar-refractivity contribution in [2.45, 2.75) is 20.8 Å². The fourth-order valence-electron chi connectivity index (χ4n) is 1.87. The van der Waals surface area contributed by atoms with Gasteiger partial charge in [-0.2, -0.15) is 0 Å². The van der Waals surface area contributed by atoms with Gasteiger partial charge < -0.3 is 0 Å². The third-order valence-corrected chi connectivity index (χ3v) is 2.77. The Morgan fingerprint density at radius 3 is 2.35 bits per heavy atom. The molecule has 0 spiro atoms. The molecule has 1 aromatic heterocycles. The van der Waals surface area contributed by atoms with Crippen molar-refractivity contribution in [3.8, 4) is 0 Å². The number of aromatic nitrogens is 1. The van der Waals surface area contributed by atoms with Crippen LogP contribution in [0.4, 0.5) is 0 Å². The molecule has 1 heterocycles. The number of ketones is 1. The van der Waals surface area contributed by atoms with E-state index in [0.29, 0.717) is 5.69 Å². The monoisotopic (exact) mass is 225 g/mol. The molecule has 2 heteroatoms. The lowest BCUT2D eigenvalue weighted by atomic mass is 10.00. The normalized spacial score (nSPS) is 10.3. The van der Waals surface area contributed by atoms with Crippen LogP contribution in [0.5, 0.6) is 0 Å². The first kappa shape index (κ1) is 11.5. The van der Waals surface area contributed by atoms with E-state index in [1.165, 1.54) is 0 Å². The maximum Gasteiger partial charge on any atom is 0.211 e. The SMILES string of the molecule is Cc1ccnc(C(=O)c2ccc(C)cc2C)c1. The molecule has 0 aliphatic heterocycles. The summed E-state index contributed by atoms with van der Waals surface area (Å²) in [4.78, 5) is 16.4. The second-order valence-electron chi connectivity index (χ2n) is 4.37. The minimum atomic E-state index is -0.00815. The molecule has 0 saturated carbocycles. The summed E-state index contributed by atoms with van der Waals surface area (Å²) in [7, 11) is 0. The van der Waals surface area contributed by atoms with Crippen molar-refractivity contribution >= 4 is 5.78 Å². The van der Waals surface area contributed by atoms with Gasteiger partial charge in [0.2, 0.25) is 5.78 Å². The summed E-state index contributed by atoms with van der Waals surface area (Å²) < 4.78 is 0. The van der Waals surface area contributed by atoms with Crippen LogP contribution in [0.15, 0.2) is 36.5 Å². The van der Waals surface area contributed by atoms with E-state index in [2.05, 4.69) is 4.98 Å². The lowest BCUT2D eigenvalue weighted by molar-refractivity contribution is 0.103. The van der Waals surface area contributed by atoms with Crippen molar-refractivity contribution in [1.82, 2.24) is 4.98 Å². The van der Waals surface area contributed by atoms with Crippen molar-refractivity contribution in [2.24, 2.45) is 0 Å². The van der Waals surface area contributed by atoms with Crippen LogP contribution in [0.1, 0.15) is 32.7 Å². The largest absolute Gasteiger partial charge is 0.287 e. The highest BCUT2D eigenvalue weighted by molar-refractivity contribution is 6.08. The smallest absolute Gasteiger partial charge is 0.211 e. The molecule has 0 amide bonds. The number of nitrogens with zero attached hydrogens (tertiary/aromatic N) is 1. The lowest BCUT2D eigenvalue weighted by Crippen LogP contribution is -2.06. The summed E-state index contributed by atoms with van der Waals surface area (Å²) in [6.45, 7) is 5.93. The number of aryl methyl sites for hydroxylation is 3. The molecule has 0 fully saturated rings. The Morgan fingerprint density at radius 2 is 1.71 bits per heavy atom. The zero-order chi connectivity index (χ0) is 12.4. The van der Waals surface area contributed by atoms with E-state index in [1.54, 1.807) is 6.20 Å². The first-order valence-electron chi connectivity index (χ1n) is 5.62. The molecule has 86 valence electrons. The van der Waals surface area contributed by atoms with E-state index in [4.69, 9.17) is 0 Å². The standard InChI is InChI=1S/C15H15NO/c1-10-4-5-13(12(3)8-10)15(17)14-9-11(2)6-7-16-14/h4-9H,1-3H3. The van der Waals surface area contributed by atoms with Crippen LogP contribution in [0.3, 0.4) is 0 Å². The maximum absolute atomic E-state index is 12.3. The average Bonchev–Trinajstić information content (AvgIpc) is 2.28. The molecular formula is C15H15NO. The van der Waals surface area contributed by atoms with Crippen LogP contribution in [0, 0.1) is 20.8 Å². The van der Waals surface area contributed by atoms with Gasteiger partial charge in [-0.3, -0.25) is 9.78 Å². The third-order valence-electron chi connectivity index (χ3n) is 2.77. The molecule has 0 N–H and O–H groups in total. The fourth-order valence-corrected chi connectivity index (χ4v) is 1.87. The molecule has 2 rings (SSSR count). The molecule has 0 bridgehead atoms. The van der Waals surface area contributed by atoms with Crippen LogP contribution >= 0.6 is 0 Å². The molecule has 0 aliphatic carbocycles. The molecule has 2 nitrogen and oxygen atoms in total. The number of rotatable bonds is 2. The zero-order valence-corrected chi connectivity index (χ0v) is 10.3. The number of carbonyl (C=O) groups is 1. The van der Waals surface area contributed by atoms with E-state index in [-0.39, 0.29) is 5.78 Å². The molecule has 0 saturated heterocycles. The van der Waals surface area contributed by atoms with Crippen molar-refractivity contribution < 1.29 is 4.79 Å². The second-order valence-corrected chi connectivity index (χ2v) is 4.37. The predicted molar refractivity (Wildman–Crippen MR) is 68.3 cm³/mol. The molecule has 2 aromatic rings. The molecule has 17 heavy (non-hydrogen) atoms. The van der Waals surface area contributed by atoms with Gasteiger partial charge in [-0.05, 0) is 44.0 Å². The Labute approximate surface area is 101 Å². The number of hydrogen-bond acceptors (Lipinski definition) is 2. The Morgan fingerprint density at radius 1 is 1.00 bits per heavy atom. The highest BCUT2D eigenvalue weighted by Gasteiger charge is 2.12. The third kappa shape index (κ3) is 2.41. The van der Waals surface area contributed by atoms with Crippen LogP contribution in [0.2, 0.25) is 0 Å². The molecule has 1 aromatic carbocycles. The highest BCUT2D eigenvalue weighted by Crippen LogP contribution is 2.15.